The highest BCUT2D eigenvalue weighted by Gasteiger charge is 2.12. The van der Waals surface area contributed by atoms with Crippen LogP contribution < -0.4 is 10.5 Å². The molecular weight excluding hydrogens is 298 g/mol. The van der Waals surface area contributed by atoms with E-state index in [0.29, 0.717) is 11.7 Å². The maximum Gasteiger partial charge on any atom is 0.249 e. The van der Waals surface area contributed by atoms with E-state index in [9.17, 15) is 8.42 Å². The lowest BCUT2D eigenvalue weighted by atomic mass is 10.1. The first-order valence-electron chi connectivity index (χ1n) is 5.90. The maximum atomic E-state index is 11.1. The van der Waals surface area contributed by atoms with Crippen molar-refractivity contribution in [1.82, 2.24) is 4.98 Å². The lowest BCUT2D eigenvalue weighted by molar-refractivity contribution is 0.282. The van der Waals surface area contributed by atoms with Crippen LogP contribution in [0.25, 0.3) is 0 Å². The normalized spacial score (nSPS) is 11.5. The Bertz CT molecular complexity index is 666. The minimum absolute atomic E-state index is 0.0357. The molecular formula is C12H15N3O3S2. The minimum atomic E-state index is -3.67. The second-order valence-corrected chi connectivity index (χ2v) is 7.00. The lowest BCUT2D eigenvalue weighted by Crippen LogP contribution is -2.10. The molecule has 0 aliphatic heterocycles. The summed E-state index contributed by atoms with van der Waals surface area (Å²) in [5.41, 5.74) is 2.00. The molecule has 0 saturated heterocycles. The van der Waals surface area contributed by atoms with Gasteiger partial charge in [0.25, 0.3) is 0 Å². The van der Waals surface area contributed by atoms with Gasteiger partial charge in [-0.05, 0) is 17.5 Å². The predicted molar refractivity (Wildman–Crippen MR) is 78.0 cm³/mol. The molecule has 0 spiro atoms. The Kier molecular flexibility index (Phi) is 4.71. The Hall–Kier alpha value is -1.48. The van der Waals surface area contributed by atoms with E-state index in [2.05, 4.69) is 10.3 Å². The second-order valence-electron chi connectivity index (χ2n) is 4.18. The Morgan fingerprint density at radius 2 is 1.90 bits per heavy atom. The number of nitrogens with two attached hydrogens (primary N) is 1. The molecule has 0 radical (unpaired) electrons. The monoisotopic (exact) mass is 313 g/mol. The van der Waals surface area contributed by atoms with Crippen LogP contribution in [0.1, 0.15) is 11.1 Å². The number of aromatic nitrogens is 1. The molecule has 2 rings (SSSR count). The lowest BCUT2D eigenvalue weighted by Gasteiger charge is -2.04. The van der Waals surface area contributed by atoms with Gasteiger partial charge in [-0.25, -0.2) is 18.5 Å². The Balaban J connectivity index is 1.88. The minimum Gasteiger partial charge on any atom is -0.392 e. The van der Waals surface area contributed by atoms with E-state index in [1.165, 1.54) is 6.20 Å². The number of nitrogens with zero attached hydrogens (tertiary/aromatic N) is 1. The van der Waals surface area contributed by atoms with Gasteiger partial charge in [-0.3, -0.25) is 0 Å². The number of anilines is 1. The first-order valence-corrected chi connectivity index (χ1v) is 8.26. The van der Waals surface area contributed by atoms with Gasteiger partial charge in [-0.1, -0.05) is 35.6 Å². The van der Waals surface area contributed by atoms with Crippen molar-refractivity contribution in [1.29, 1.82) is 0 Å². The van der Waals surface area contributed by atoms with Crippen molar-refractivity contribution in [2.24, 2.45) is 5.14 Å². The van der Waals surface area contributed by atoms with E-state index < -0.39 is 10.0 Å². The molecule has 4 N–H and O–H groups in total. The second kappa shape index (κ2) is 6.31. The SMILES string of the molecule is NS(=O)(=O)c1cnc(NCCc2ccc(CO)cc2)s1. The predicted octanol–water partition coefficient (Wildman–Crippen LogP) is 0.937. The van der Waals surface area contributed by atoms with Gasteiger partial charge < -0.3 is 10.4 Å². The van der Waals surface area contributed by atoms with Gasteiger partial charge in [-0.2, -0.15) is 0 Å². The number of thiazole rings is 1. The molecule has 20 heavy (non-hydrogen) atoms. The smallest absolute Gasteiger partial charge is 0.249 e. The number of benzene rings is 1. The molecule has 0 unspecified atom stereocenters. The fourth-order valence-corrected chi connectivity index (χ4v) is 3.07. The summed E-state index contributed by atoms with van der Waals surface area (Å²) < 4.78 is 22.3. The molecule has 8 heteroatoms. The van der Waals surface area contributed by atoms with E-state index in [1.54, 1.807) is 0 Å². The Labute approximate surface area is 121 Å². The van der Waals surface area contributed by atoms with Crippen molar-refractivity contribution < 1.29 is 13.5 Å². The van der Waals surface area contributed by atoms with Crippen molar-refractivity contribution in [3.63, 3.8) is 0 Å². The molecule has 2 aromatic rings. The Morgan fingerprint density at radius 3 is 2.45 bits per heavy atom. The van der Waals surface area contributed by atoms with E-state index in [-0.39, 0.29) is 10.8 Å². The number of hydrogen-bond acceptors (Lipinski definition) is 6. The van der Waals surface area contributed by atoms with Gasteiger partial charge in [0.2, 0.25) is 10.0 Å². The zero-order chi connectivity index (χ0) is 14.6. The van der Waals surface area contributed by atoms with E-state index in [0.717, 1.165) is 28.9 Å². The van der Waals surface area contributed by atoms with Gasteiger partial charge >= 0.3 is 0 Å². The highest BCUT2D eigenvalue weighted by Crippen LogP contribution is 2.21. The zero-order valence-electron chi connectivity index (χ0n) is 10.6. The van der Waals surface area contributed by atoms with Crippen molar-refractivity contribution in [3.8, 4) is 0 Å². The molecule has 1 aromatic carbocycles. The first kappa shape index (κ1) is 14.9. The van der Waals surface area contributed by atoms with Crippen LogP contribution in [0.2, 0.25) is 0 Å². The molecule has 0 fully saturated rings. The summed E-state index contributed by atoms with van der Waals surface area (Å²) in [7, 11) is -3.67. The molecule has 0 bridgehead atoms. The number of nitrogens with one attached hydrogen (secondary N) is 1. The standard InChI is InChI=1S/C12H15N3O3S2/c13-20(17,18)11-7-15-12(19-11)14-6-5-9-1-3-10(8-16)4-2-9/h1-4,7,16H,5-6,8H2,(H,14,15)(H2,13,17,18). The summed E-state index contributed by atoms with van der Waals surface area (Å²) in [5, 5.41) is 17.5. The molecule has 6 nitrogen and oxygen atoms in total. The average molecular weight is 313 g/mol. The first-order chi connectivity index (χ1) is 9.49. The van der Waals surface area contributed by atoms with Crippen LogP contribution in [0.3, 0.4) is 0 Å². The van der Waals surface area contributed by atoms with E-state index in [1.807, 2.05) is 24.3 Å². The van der Waals surface area contributed by atoms with Gasteiger partial charge in [0.1, 0.15) is 0 Å². The third-order valence-corrected chi connectivity index (χ3v) is 5.02. The number of aliphatic hydroxyl groups excluding tert-OH is 1. The van der Waals surface area contributed by atoms with Crippen LogP contribution in [0.15, 0.2) is 34.7 Å². The number of primary sulfonamides is 1. The van der Waals surface area contributed by atoms with Crippen LogP contribution in [-0.4, -0.2) is 25.1 Å². The molecule has 0 atom stereocenters. The number of rotatable bonds is 6. The summed E-state index contributed by atoms with van der Waals surface area (Å²) in [6.45, 7) is 0.671. The van der Waals surface area contributed by atoms with Gasteiger partial charge in [0.05, 0.1) is 12.8 Å². The van der Waals surface area contributed by atoms with Crippen LogP contribution in [0.4, 0.5) is 5.13 Å². The molecule has 1 heterocycles. The highest BCUT2D eigenvalue weighted by atomic mass is 32.2. The summed E-state index contributed by atoms with van der Waals surface area (Å²) in [5.74, 6) is 0. The van der Waals surface area contributed by atoms with Crippen LogP contribution in [0, 0.1) is 0 Å². The van der Waals surface area contributed by atoms with Crippen molar-refractivity contribution >= 4 is 26.5 Å². The summed E-state index contributed by atoms with van der Waals surface area (Å²) in [6, 6.07) is 7.64. The topological polar surface area (TPSA) is 105 Å². The third kappa shape index (κ3) is 4.01. The largest absolute Gasteiger partial charge is 0.392 e. The fraction of sp³-hybridized carbons (Fsp3) is 0.250. The molecule has 1 aromatic heterocycles. The molecule has 0 saturated carbocycles. The van der Waals surface area contributed by atoms with Gasteiger partial charge in [-0.15, -0.1) is 0 Å². The fourth-order valence-electron chi connectivity index (χ4n) is 1.60. The van der Waals surface area contributed by atoms with Crippen LogP contribution >= 0.6 is 11.3 Å². The van der Waals surface area contributed by atoms with E-state index in [4.69, 9.17) is 10.2 Å². The molecule has 0 aliphatic rings. The Morgan fingerprint density at radius 1 is 1.25 bits per heavy atom. The number of aliphatic hydroxyl groups is 1. The zero-order valence-corrected chi connectivity index (χ0v) is 12.2. The average Bonchev–Trinajstić information content (AvgIpc) is 2.88. The summed E-state index contributed by atoms with van der Waals surface area (Å²) in [4.78, 5) is 3.96. The summed E-state index contributed by atoms with van der Waals surface area (Å²) in [6.07, 6.45) is 2.02. The van der Waals surface area contributed by atoms with E-state index >= 15 is 0 Å². The van der Waals surface area contributed by atoms with Gasteiger partial charge in [0.15, 0.2) is 9.34 Å². The van der Waals surface area contributed by atoms with Crippen LogP contribution in [0.5, 0.6) is 0 Å². The van der Waals surface area contributed by atoms with Crippen LogP contribution in [-0.2, 0) is 23.1 Å². The third-order valence-electron chi connectivity index (χ3n) is 2.66. The van der Waals surface area contributed by atoms with Crippen molar-refractivity contribution in [2.75, 3.05) is 11.9 Å². The maximum absolute atomic E-state index is 11.1. The van der Waals surface area contributed by atoms with Gasteiger partial charge in [0, 0.05) is 6.54 Å². The van der Waals surface area contributed by atoms with Crippen molar-refractivity contribution in [3.05, 3.63) is 41.6 Å². The number of hydrogen-bond donors (Lipinski definition) is 3. The van der Waals surface area contributed by atoms with Crippen molar-refractivity contribution in [2.45, 2.75) is 17.2 Å². The summed E-state index contributed by atoms with van der Waals surface area (Å²) >= 11 is 1.01. The molecule has 108 valence electrons. The quantitative estimate of drug-likeness (QED) is 0.736. The highest BCUT2D eigenvalue weighted by molar-refractivity contribution is 7.91. The molecule has 0 aliphatic carbocycles. The number of sulfonamides is 1. The molecule has 0 amide bonds.